The largest absolute Gasteiger partial charge is 0.468 e. The number of carbonyl (C=O) groups excluding carboxylic acids is 1. The Morgan fingerprint density at radius 2 is 2.20 bits per heavy atom. The highest BCUT2D eigenvalue weighted by Gasteiger charge is 2.41. The number of nitrogens with zero attached hydrogens (tertiary/aromatic N) is 1. The van der Waals surface area contributed by atoms with Crippen LogP contribution < -0.4 is 5.73 Å². The molecule has 1 heterocycles. The number of benzene rings is 1. The molecule has 1 saturated heterocycles. The molecular formula is C12H15FN2O4S. The first kappa shape index (κ1) is 14.7. The lowest BCUT2D eigenvalue weighted by Gasteiger charge is -2.23. The second-order valence-electron chi connectivity index (χ2n) is 4.46. The Hall–Kier alpha value is -1.67. The third kappa shape index (κ3) is 2.36. The summed E-state index contributed by atoms with van der Waals surface area (Å²) in [5.41, 5.74) is 5.39. The molecule has 2 rings (SSSR count). The van der Waals surface area contributed by atoms with Crippen LogP contribution in [0.2, 0.25) is 0 Å². The number of methoxy groups -OCH3 is 1. The van der Waals surface area contributed by atoms with Gasteiger partial charge in [-0.25, -0.2) is 12.8 Å². The number of hydrogen-bond acceptors (Lipinski definition) is 5. The minimum atomic E-state index is -4.17. The Morgan fingerprint density at radius 1 is 1.50 bits per heavy atom. The summed E-state index contributed by atoms with van der Waals surface area (Å²) >= 11 is 0. The molecule has 0 radical (unpaired) electrons. The first-order valence-electron chi connectivity index (χ1n) is 6.03. The van der Waals surface area contributed by atoms with Crippen LogP contribution in [-0.2, 0) is 19.6 Å². The van der Waals surface area contributed by atoms with E-state index in [1.165, 1.54) is 19.2 Å². The van der Waals surface area contributed by atoms with Gasteiger partial charge in [0, 0.05) is 6.54 Å². The van der Waals surface area contributed by atoms with Gasteiger partial charge in [-0.1, -0.05) is 6.07 Å². The van der Waals surface area contributed by atoms with Crippen molar-refractivity contribution in [3.05, 3.63) is 24.0 Å². The second kappa shape index (κ2) is 5.37. The Morgan fingerprint density at radius 3 is 2.80 bits per heavy atom. The van der Waals surface area contributed by atoms with Crippen molar-refractivity contribution in [2.75, 3.05) is 19.4 Å². The van der Waals surface area contributed by atoms with E-state index in [4.69, 9.17) is 5.73 Å². The van der Waals surface area contributed by atoms with Crippen molar-refractivity contribution in [1.29, 1.82) is 0 Å². The van der Waals surface area contributed by atoms with Crippen molar-refractivity contribution in [2.45, 2.75) is 23.8 Å². The monoisotopic (exact) mass is 302 g/mol. The maximum Gasteiger partial charge on any atom is 0.324 e. The van der Waals surface area contributed by atoms with Gasteiger partial charge in [0.1, 0.15) is 16.8 Å². The highest BCUT2D eigenvalue weighted by Crippen LogP contribution is 2.31. The summed E-state index contributed by atoms with van der Waals surface area (Å²) in [6.07, 6.45) is 0.855. The Balaban J connectivity index is 2.47. The molecule has 1 aliphatic rings. The third-order valence-electron chi connectivity index (χ3n) is 3.24. The van der Waals surface area contributed by atoms with Gasteiger partial charge in [0.25, 0.3) is 0 Å². The topological polar surface area (TPSA) is 89.7 Å². The molecule has 0 aliphatic carbocycles. The van der Waals surface area contributed by atoms with E-state index in [0.717, 1.165) is 10.4 Å². The molecule has 2 N–H and O–H groups in total. The van der Waals surface area contributed by atoms with E-state index >= 15 is 0 Å². The van der Waals surface area contributed by atoms with Gasteiger partial charge in [-0.2, -0.15) is 4.31 Å². The van der Waals surface area contributed by atoms with Crippen LogP contribution in [0, 0.1) is 5.82 Å². The number of nitrogen functional groups attached to an aromatic ring is 1. The molecule has 8 heteroatoms. The number of nitrogens with two attached hydrogens (primary N) is 1. The lowest BCUT2D eigenvalue weighted by molar-refractivity contribution is -0.144. The maximum absolute atomic E-state index is 13.8. The zero-order chi connectivity index (χ0) is 14.9. The van der Waals surface area contributed by atoms with Gasteiger partial charge >= 0.3 is 5.97 Å². The summed E-state index contributed by atoms with van der Waals surface area (Å²) in [5.74, 6) is -1.58. The van der Waals surface area contributed by atoms with Crippen molar-refractivity contribution in [2.24, 2.45) is 0 Å². The quantitative estimate of drug-likeness (QED) is 0.657. The molecule has 0 aromatic heterocycles. The SMILES string of the molecule is COC(=O)C1CCCN1S(=O)(=O)c1c(N)cccc1F. The van der Waals surface area contributed by atoms with Crippen molar-refractivity contribution < 1.29 is 22.3 Å². The summed E-state index contributed by atoms with van der Waals surface area (Å²) in [4.78, 5) is 11.0. The Labute approximate surface area is 116 Å². The molecule has 1 aromatic rings. The fourth-order valence-electron chi connectivity index (χ4n) is 2.31. The maximum atomic E-state index is 13.8. The van der Waals surface area contributed by atoms with Crippen molar-refractivity contribution in [3.63, 3.8) is 0 Å². The smallest absolute Gasteiger partial charge is 0.324 e. The van der Waals surface area contributed by atoms with E-state index < -0.39 is 32.7 Å². The average Bonchev–Trinajstić information content (AvgIpc) is 2.87. The van der Waals surface area contributed by atoms with Crippen molar-refractivity contribution >= 4 is 21.7 Å². The van der Waals surface area contributed by atoms with Crippen LogP contribution in [0.25, 0.3) is 0 Å². The predicted molar refractivity (Wildman–Crippen MR) is 69.7 cm³/mol. The average molecular weight is 302 g/mol. The van der Waals surface area contributed by atoms with E-state index in [0.29, 0.717) is 12.8 Å². The Kier molecular flexibility index (Phi) is 3.96. The van der Waals surface area contributed by atoms with E-state index in [1.807, 2.05) is 0 Å². The van der Waals surface area contributed by atoms with Gasteiger partial charge in [-0.15, -0.1) is 0 Å². The summed E-state index contributed by atoms with van der Waals surface area (Å²) < 4.78 is 44.4. The number of ether oxygens (including phenoxy) is 1. The lowest BCUT2D eigenvalue weighted by Crippen LogP contribution is -2.41. The number of esters is 1. The van der Waals surface area contributed by atoms with Crippen LogP contribution in [0.1, 0.15) is 12.8 Å². The standard InChI is InChI=1S/C12H15FN2O4S/c1-19-12(16)10-6-3-7-15(10)20(17,18)11-8(13)4-2-5-9(11)14/h2,4-5,10H,3,6-7,14H2,1H3. The fourth-order valence-corrected chi connectivity index (χ4v) is 4.13. The van der Waals surface area contributed by atoms with Gasteiger partial charge in [0.2, 0.25) is 10.0 Å². The number of carbonyl (C=O) groups is 1. The molecule has 0 saturated carbocycles. The first-order valence-corrected chi connectivity index (χ1v) is 7.47. The minimum absolute atomic E-state index is 0.135. The van der Waals surface area contributed by atoms with E-state index in [-0.39, 0.29) is 12.2 Å². The van der Waals surface area contributed by atoms with E-state index in [1.54, 1.807) is 0 Å². The number of halogens is 1. The van der Waals surface area contributed by atoms with E-state index in [2.05, 4.69) is 4.74 Å². The molecular weight excluding hydrogens is 287 g/mol. The molecule has 1 atom stereocenters. The zero-order valence-electron chi connectivity index (χ0n) is 10.9. The summed E-state index contributed by atoms with van der Waals surface area (Å²) in [6.45, 7) is 0.135. The zero-order valence-corrected chi connectivity index (χ0v) is 11.7. The van der Waals surface area contributed by atoms with Crippen LogP contribution in [0.5, 0.6) is 0 Å². The van der Waals surface area contributed by atoms with Crippen molar-refractivity contribution in [3.8, 4) is 0 Å². The first-order chi connectivity index (χ1) is 9.39. The fraction of sp³-hybridized carbons (Fsp3) is 0.417. The summed E-state index contributed by atoms with van der Waals surface area (Å²) in [7, 11) is -2.99. The third-order valence-corrected chi connectivity index (χ3v) is 5.24. The van der Waals surface area contributed by atoms with Gasteiger partial charge in [-0.3, -0.25) is 4.79 Å². The normalized spacial score (nSPS) is 20.0. The van der Waals surface area contributed by atoms with Gasteiger partial charge in [0.15, 0.2) is 0 Å². The molecule has 1 aromatic carbocycles. The molecule has 0 spiro atoms. The molecule has 0 amide bonds. The summed E-state index contributed by atoms with van der Waals surface area (Å²) in [5, 5.41) is 0. The lowest BCUT2D eigenvalue weighted by atomic mass is 10.2. The van der Waals surface area contributed by atoms with Gasteiger partial charge < -0.3 is 10.5 Å². The number of sulfonamides is 1. The van der Waals surface area contributed by atoms with Crippen molar-refractivity contribution in [1.82, 2.24) is 4.31 Å². The molecule has 1 aliphatic heterocycles. The number of rotatable bonds is 3. The van der Waals surface area contributed by atoms with Crippen LogP contribution in [0.15, 0.2) is 23.1 Å². The molecule has 110 valence electrons. The second-order valence-corrected chi connectivity index (χ2v) is 6.28. The molecule has 1 unspecified atom stereocenters. The highest BCUT2D eigenvalue weighted by atomic mass is 32.2. The van der Waals surface area contributed by atoms with Crippen LogP contribution in [0.3, 0.4) is 0 Å². The molecule has 20 heavy (non-hydrogen) atoms. The van der Waals surface area contributed by atoms with Gasteiger partial charge in [0.05, 0.1) is 12.8 Å². The number of anilines is 1. The minimum Gasteiger partial charge on any atom is -0.468 e. The van der Waals surface area contributed by atoms with Crippen LogP contribution in [-0.4, -0.2) is 38.4 Å². The molecule has 0 bridgehead atoms. The van der Waals surface area contributed by atoms with Crippen LogP contribution in [0.4, 0.5) is 10.1 Å². The molecule has 1 fully saturated rings. The van der Waals surface area contributed by atoms with Crippen LogP contribution >= 0.6 is 0 Å². The predicted octanol–water partition coefficient (Wildman–Crippen LogP) is 0.734. The number of hydrogen-bond donors (Lipinski definition) is 1. The van der Waals surface area contributed by atoms with E-state index in [9.17, 15) is 17.6 Å². The van der Waals surface area contributed by atoms with Gasteiger partial charge in [-0.05, 0) is 25.0 Å². The highest BCUT2D eigenvalue weighted by molar-refractivity contribution is 7.89. The molecule has 6 nitrogen and oxygen atoms in total. The summed E-state index contributed by atoms with van der Waals surface area (Å²) in [6, 6.07) is 2.72. The Bertz CT molecular complexity index is 612.